The van der Waals surface area contributed by atoms with E-state index in [-0.39, 0.29) is 23.3 Å². The van der Waals surface area contributed by atoms with Gasteiger partial charge in [0.15, 0.2) is 5.16 Å². The molecule has 1 aromatic heterocycles. The van der Waals surface area contributed by atoms with Gasteiger partial charge in [0.05, 0.1) is 16.7 Å². The normalized spacial score (nSPS) is 11.2. The summed E-state index contributed by atoms with van der Waals surface area (Å²) in [4.78, 5) is 29.6. The molecule has 0 saturated carbocycles. The zero-order chi connectivity index (χ0) is 18.4. The summed E-state index contributed by atoms with van der Waals surface area (Å²) in [6, 6.07) is 5.69. The maximum Gasteiger partial charge on any atom is 0.262 e. The molecular weight excluding hydrogens is 402 g/mol. The number of benzene rings is 1. The van der Waals surface area contributed by atoms with Crippen LogP contribution in [-0.4, -0.2) is 27.3 Å². The van der Waals surface area contributed by atoms with Crippen molar-refractivity contribution in [3.05, 3.63) is 33.0 Å². The molecule has 0 saturated heterocycles. The molecule has 1 heterocycles. The van der Waals surface area contributed by atoms with Gasteiger partial charge in [-0.05, 0) is 37.5 Å². The number of carbonyl (C=O) groups excluding carboxylic acids is 1. The van der Waals surface area contributed by atoms with Crippen molar-refractivity contribution < 1.29 is 4.79 Å². The van der Waals surface area contributed by atoms with E-state index in [1.165, 1.54) is 11.8 Å². The van der Waals surface area contributed by atoms with E-state index in [1.807, 2.05) is 19.1 Å². The van der Waals surface area contributed by atoms with Gasteiger partial charge in [0, 0.05) is 17.1 Å². The lowest BCUT2D eigenvalue weighted by molar-refractivity contribution is -0.119. The molecule has 0 radical (unpaired) electrons. The highest BCUT2D eigenvalue weighted by Gasteiger charge is 2.14. The Morgan fingerprint density at radius 2 is 2.04 bits per heavy atom. The summed E-state index contributed by atoms with van der Waals surface area (Å²) in [7, 11) is 0. The van der Waals surface area contributed by atoms with Crippen LogP contribution in [-0.2, 0) is 11.3 Å². The van der Waals surface area contributed by atoms with Crippen LogP contribution in [0.3, 0.4) is 0 Å². The average Bonchev–Trinajstić information content (AvgIpc) is 2.61. The van der Waals surface area contributed by atoms with Gasteiger partial charge >= 0.3 is 0 Å². The third-order valence-electron chi connectivity index (χ3n) is 4.01. The number of nitrogens with zero attached hydrogens (tertiary/aromatic N) is 2. The number of aromatic nitrogens is 2. The largest absolute Gasteiger partial charge is 0.353 e. The molecule has 0 bridgehead atoms. The Bertz CT molecular complexity index is 803. The van der Waals surface area contributed by atoms with Crippen LogP contribution < -0.4 is 10.9 Å². The molecule has 0 atom stereocenters. The highest BCUT2D eigenvalue weighted by Crippen LogP contribution is 2.20. The van der Waals surface area contributed by atoms with Crippen molar-refractivity contribution in [1.29, 1.82) is 0 Å². The fraction of sp³-hybridized carbons (Fsp3) is 0.500. The molecule has 2 rings (SSSR count). The van der Waals surface area contributed by atoms with E-state index in [1.54, 1.807) is 10.6 Å². The maximum atomic E-state index is 12.8. The van der Waals surface area contributed by atoms with Gasteiger partial charge in [0.1, 0.15) is 0 Å². The van der Waals surface area contributed by atoms with Crippen molar-refractivity contribution in [2.75, 3.05) is 5.75 Å². The van der Waals surface area contributed by atoms with E-state index in [9.17, 15) is 9.59 Å². The summed E-state index contributed by atoms with van der Waals surface area (Å²) < 4.78 is 2.52. The first-order valence-corrected chi connectivity index (χ1v) is 10.4. The van der Waals surface area contributed by atoms with Crippen LogP contribution in [0.4, 0.5) is 0 Å². The number of hydrogen-bond donors (Lipinski definition) is 1. The van der Waals surface area contributed by atoms with Crippen LogP contribution >= 0.6 is 27.7 Å². The highest BCUT2D eigenvalue weighted by atomic mass is 79.9. The second-order valence-corrected chi connectivity index (χ2v) is 7.74. The second-order valence-electron chi connectivity index (χ2n) is 5.88. The van der Waals surface area contributed by atoms with Gasteiger partial charge in [0.25, 0.3) is 5.56 Å². The highest BCUT2D eigenvalue weighted by molar-refractivity contribution is 9.10. The lowest BCUT2D eigenvalue weighted by Crippen LogP contribution is -2.35. The summed E-state index contributed by atoms with van der Waals surface area (Å²) >= 11 is 4.72. The van der Waals surface area contributed by atoms with Crippen molar-refractivity contribution >= 4 is 44.5 Å². The van der Waals surface area contributed by atoms with Crippen molar-refractivity contribution in [3.8, 4) is 0 Å². The molecule has 0 aliphatic carbocycles. The van der Waals surface area contributed by atoms with Gasteiger partial charge in [-0.25, -0.2) is 4.98 Å². The fourth-order valence-electron chi connectivity index (χ4n) is 2.60. The maximum absolute atomic E-state index is 12.8. The van der Waals surface area contributed by atoms with Crippen molar-refractivity contribution in [3.63, 3.8) is 0 Å². The van der Waals surface area contributed by atoms with Gasteiger partial charge in [-0.1, -0.05) is 48.5 Å². The number of hydrogen-bond acceptors (Lipinski definition) is 4. The number of halogens is 1. The molecule has 0 aliphatic heterocycles. The van der Waals surface area contributed by atoms with E-state index < -0.39 is 0 Å². The molecular formula is C18H24BrN3O2S. The molecule has 2 aromatic rings. The zero-order valence-electron chi connectivity index (χ0n) is 14.8. The Morgan fingerprint density at radius 3 is 2.68 bits per heavy atom. The minimum atomic E-state index is -0.0592. The van der Waals surface area contributed by atoms with E-state index in [0.717, 1.165) is 23.7 Å². The molecule has 25 heavy (non-hydrogen) atoms. The van der Waals surface area contributed by atoms with Crippen molar-refractivity contribution in [2.45, 2.75) is 57.8 Å². The summed E-state index contributed by atoms with van der Waals surface area (Å²) in [5.74, 6) is 0.237. The molecule has 5 nitrogen and oxygen atoms in total. The molecule has 1 N–H and O–H groups in total. The predicted octanol–water partition coefficient (Wildman–Crippen LogP) is 3.97. The molecule has 1 aromatic carbocycles. The first-order valence-electron chi connectivity index (χ1n) is 8.62. The van der Waals surface area contributed by atoms with Gasteiger partial charge in [-0.2, -0.15) is 0 Å². The summed E-state index contributed by atoms with van der Waals surface area (Å²) in [5, 5.41) is 4.21. The van der Waals surface area contributed by atoms with Crippen LogP contribution in [0, 0.1) is 0 Å². The lowest BCUT2D eigenvalue weighted by atomic mass is 10.2. The van der Waals surface area contributed by atoms with Crippen LogP contribution in [0.15, 0.2) is 32.6 Å². The van der Waals surface area contributed by atoms with E-state index in [4.69, 9.17) is 0 Å². The Hall–Kier alpha value is -1.34. The first-order chi connectivity index (χ1) is 12.0. The third kappa shape index (κ3) is 5.07. The Balaban J connectivity index is 2.27. The van der Waals surface area contributed by atoms with E-state index in [0.29, 0.717) is 22.6 Å². The molecule has 136 valence electrons. The monoisotopic (exact) mass is 425 g/mol. The first kappa shape index (κ1) is 20.0. The topological polar surface area (TPSA) is 64.0 Å². The van der Waals surface area contributed by atoms with Crippen LogP contribution in [0.25, 0.3) is 10.9 Å². The zero-order valence-corrected chi connectivity index (χ0v) is 17.2. The minimum absolute atomic E-state index is 0.0214. The quantitative estimate of drug-likeness (QED) is 0.513. The molecule has 7 heteroatoms. The summed E-state index contributed by atoms with van der Waals surface area (Å²) in [5.41, 5.74) is 0.597. The van der Waals surface area contributed by atoms with Crippen LogP contribution in [0.2, 0.25) is 0 Å². The lowest BCUT2D eigenvalue weighted by Gasteiger charge is -2.15. The minimum Gasteiger partial charge on any atom is -0.353 e. The third-order valence-corrected chi connectivity index (χ3v) is 5.48. The molecule has 0 fully saturated rings. The smallest absolute Gasteiger partial charge is 0.262 e. The van der Waals surface area contributed by atoms with Gasteiger partial charge in [-0.15, -0.1) is 0 Å². The Morgan fingerprint density at radius 1 is 1.32 bits per heavy atom. The number of carbonyl (C=O) groups is 1. The van der Waals surface area contributed by atoms with Gasteiger partial charge in [0.2, 0.25) is 5.91 Å². The fourth-order valence-corrected chi connectivity index (χ4v) is 3.79. The number of nitrogens with one attached hydrogen (secondary N) is 1. The molecule has 1 amide bonds. The van der Waals surface area contributed by atoms with E-state index in [2.05, 4.69) is 40.1 Å². The van der Waals surface area contributed by atoms with Crippen LogP contribution in [0.5, 0.6) is 0 Å². The number of amides is 1. The molecule has 0 unspecified atom stereocenters. The van der Waals surface area contributed by atoms with Gasteiger partial charge in [-0.3, -0.25) is 14.2 Å². The number of thioether (sulfide) groups is 1. The number of rotatable bonds is 8. The standard InChI is InChI=1S/C18H24BrN3O2S/c1-4-9-22-17(24)14-10-12(19)7-8-15(14)21-18(22)25-11-16(23)20-13(5-2)6-3/h7-8,10,13H,4-6,9,11H2,1-3H3,(H,20,23). The average molecular weight is 426 g/mol. The molecule has 0 aliphatic rings. The van der Waals surface area contributed by atoms with Crippen molar-refractivity contribution in [2.24, 2.45) is 0 Å². The van der Waals surface area contributed by atoms with E-state index >= 15 is 0 Å². The predicted molar refractivity (Wildman–Crippen MR) is 107 cm³/mol. The van der Waals surface area contributed by atoms with Crippen LogP contribution in [0.1, 0.15) is 40.0 Å². The Kier molecular flexibility index (Phi) is 7.50. The Labute approximate surface area is 160 Å². The van der Waals surface area contributed by atoms with Gasteiger partial charge < -0.3 is 5.32 Å². The summed E-state index contributed by atoms with van der Waals surface area (Å²) in [6.45, 7) is 6.73. The second kappa shape index (κ2) is 9.38. The SMILES string of the molecule is CCCn1c(SCC(=O)NC(CC)CC)nc2ccc(Br)cc2c1=O. The summed E-state index contributed by atoms with van der Waals surface area (Å²) in [6.07, 6.45) is 2.65. The molecule has 0 spiro atoms. The van der Waals surface area contributed by atoms with Crippen molar-refractivity contribution in [1.82, 2.24) is 14.9 Å². The number of fused-ring (bicyclic) bond motifs is 1.